The van der Waals surface area contributed by atoms with Crippen LogP contribution in [0.3, 0.4) is 0 Å². The molecule has 3 fully saturated rings. The molecule has 1 N–H and O–H groups in total. The summed E-state index contributed by atoms with van der Waals surface area (Å²) in [6, 6.07) is 0. The molecule has 1 aliphatic heterocycles. The maximum Gasteiger partial charge on any atom is 0.220 e. The van der Waals surface area contributed by atoms with E-state index in [9.17, 15) is 4.79 Å². The fourth-order valence-electron chi connectivity index (χ4n) is 5.62. The van der Waals surface area contributed by atoms with Crippen molar-refractivity contribution in [2.45, 2.75) is 103 Å². The average molecular weight is 382 g/mol. The molecule has 2 aliphatic carbocycles. The van der Waals surface area contributed by atoms with Crippen LogP contribution in [0.2, 0.25) is 0 Å². The standard InChI is InChI=1S/C22H39NO4/c1-5-7-11-23-20(24)8-10-21(9-6-2)25-22(27-26-21)17(4)14-18-12-16(3)13-19(22)15-18/h16-19H,5-15H2,1-4H3,(H,23,24). The molecule has 156 valence electrons. The van der Waals surface area contributed by atoms with Crippen molar-refractivity contribution in [2.75, 3.05) is 6.54 Å². The summed E-state index contributed by atoms with van der Waals surface area (Å²) in [6.07, 6.45) is 9.57. The monoisotopic (exact) mass is 381 g/mol. The Bertz CT molecular complexity index is 509. The maximum absolute atomic E-state index is 12.2. The second-order valence-corrected chi connectivity index (χ2v) is 9.37. The van der Waals surface area contributed by atoms with Crippen molar-refractivity contribution in [2.24, 2.45) is 23.7 Å². The lowest BCUT2D eigenvalue weighted by molar-refractivity contribution is -0.379. The summed E-state index contributed by atoms with van der Waals surface area (Å²) in [5.74, 6) is 0.901. The van der Waals surface area contributed by atoms with E-state index in [0.717, 1.165) is 56.9 Å². The third kappa shape index (κ3) is 4.51. The largest absolute Gasteiger partial charge is 0.356 e. The molecular formula is C22H39NO4. The topological polar surface area (TPSA) is 56.8 Å². The molecule has 0 aromatic carbocycles. The van der Waals surface area contributed by atoms with Crippen molar-refractivity contribution in [1.82, 2.24) is 5.32 Å². The summed E-state index contributed by atoms with van der Waals surface area (Å²) in [6.45, 7) is 9.60. The molecule has 0 aromatic rings. The van der Waals surface area contributed by atoms with Crippen LogP contribution in [0.1, 0.15) is 91.9 Å². The Morgan fingerprint density at radius 2 is 1.85 bits per heavy atom. The van der Waals surface area contributed by atoms with Crippen LogP contribution >= 0.6 is 0 Å². The zero-order valence-corrected chi connectivity index (χ0v) is 17.7. The lowest BCUT2D eigenvalue weighted by atomic mass is 9.62. The molecule has 1 amide bonds. The van der Waals surface area contributed by atoms with Crippen LogP contribution < -0.4 is 5.32 Å². The Balaban J connectivity index is 1.66. The van der Waals surface area contributed by atoms with Gasteiger partial charge in [-0.15, -0.1) is 0 Å². The Morgan fingerprint density at radius 1 is 1.04 bits per heavy atom. The Kier molecular flexibility index (Phi) is 6.86. The van der Waals surface area contributed by atoms with Crippen molar-refractivity contribution in [1.29, 1.82) is 0 Å². The van der Waals surface area contributed by atoms with Crippen LogP contribution in [0.25, 0.3) is 0 Å². The number of fused-ring (bicyclic) bond motifs is 3. The molecule has 1 saturated heterocycles. The molecule has 2 saturated carbocycles. The van der Waals surface area contributed by atoms with Gasteiger partial charge < -0.3 is 10.1 Å². The number of hydrogen-bond acceptors (Lipinski definition) is 4. The van der Waals surface area contributed by atoms with Gasteiger partial charge in [-0.05, 0) is 43.9 Å². The number of rotatable bonds is 8. The third-order valence-electron chi connectivity index (χ3n) is 6.87. The minimum atomic E-state index is -0.779. The van der Waals surface area contributed by atoms with Crippen molar-refractivity contribution in [3.05, 3.63) is 0 Å². The first kappa shape index (κ1) is 21.1. The number of amides is 1. The van der Waals surface area contributed by atoms with Gasteiger partial charge in [0.25, 0.3) is 0 Å². The van der Waals surface area contributed by atoms with E-state index in [4.69, 9.17) is 14.5 Å². The van der Waals surface area contributed by atoms with E-state index < -0.39 is 11.6 Å². The summed E-state index contributed by atoms with van der Waals surface area (Å²) >= 11 is 0. The third-order valence-corrected chi connectivity index (χ3v) is 6.87. The van der Waals surface area contributed by atoms with Gasteiger partial charge in [0.05, 0.1) is 0 Å². The molecule has 5 heteroatoms. The molecule has 6 unspecified atom stereocenters. The summed E-state index contributed by atoms with van der Waals surface area (Å²) < 4.78 is 6.72. The second-order valence-electron chi connectivity index (χ2n) is 9.37. The summed E-state index contributed by atoms with van der Waals surface area (Å²) in [5, 5.41) is 3.00. The molecule has 1 spiro atoms. The van der Waals surface area contributed by atoms with Gasteiger partial charge >= 0.3 is 0 Å². The number of ether oxygens (including phenoxy) is 1. The maximum atomic E-state index is 12.2. The normalized spacial score (nSPS) is 41.0. The van der Waals surface area contributed by atoms with Crippen molar-refractivity contribution in [3.63, 3.8) is 0 Å². The highest BCUT2D eigenvalue weighted by atomic mass is 17.3. The van der Waals surface area contributed by atoms with Crippen LogP contribution in [-0.2, 0) is 19.3 Å². The zero-order chi connectivity index (χ0) is 19.5. The molecule has 3 rings (SSSR count). The van der Waals surface area contributed by atoms with Gasteiger partial charge in [0.1, 0.15) is 0 Å². The highest BCUT2D eigenvalue weighted by molar-refractivity contribution is 5.75. The second kappa shape index (κ2) is 8.79. The summed E-state index contributed by atoms with van der Waals surface area (Å²) in [4.78, 5) is 24.2. The van der Waals surface area contributed by atoms with Gasteiger partial charge in [0.2, 0.25) is 17.5 Å². The number of carbonyl (C=O) groups is 1. The lowest BCUT2D eigenvalue weighted by Gasteiger charge is -2.50. The SMILES string of the molecule is CCCCNC(=O)CCC1(CCC)OOC2(O1)C(C)CC1CC(C)CC2C1. The number of nitrogens with one attached hydrogen (secondary N) is 1. The summed E-state index contributed by atoms with van der Waals surface area (Å²) in [5.41, 5.74) is 0. The predicted octanol–water partition coefficient (Wildman–Crippen LogP) is 4.95. The molecule has 5 nitrogen and oxygen atoms in total. The van der Waals surface area contributed by atoms with Crippen molar-refractivity contribution < 1.29 is 19.3 Å². The number of hydrogen-bond donors (Lipinski definition) is 1. The fraction of sp³-hybridized carbons (Fsp3) is 0.955. The van der Waals surface area contributed by atoms with E-state index in [2.05, 4.69) is 33.0 Å². The average Bonchev–Trinajstić information content (AvgIpc) is 3.00. The molecule has 6 atom stereocenters. The minimum Gasteiger partial charge on any atom is -0.356 e. The quantitative estimate of drug-likeness (QED) is 0.478. The highest BCUT2D eigenvalue weighted by Crippen LogP contribution is 2.57. The lowest BCUT2D eigenvalue weighted by Crippen LogP contribution is -2.54. The van der Waals surface area contributed by atoms with Gasteiger partial charge in [0.15, 0.2) is 0 Å². The van der Waals surface area contributed by atoms with Gasteiger partial charge in [-0.2, -0.15) is 9.78 Å². The van der Waals surface area contributed by atoms with Crippen molar-refractivity contribution in [3.8, 4) is 0 Å². The summed E-state index contributed by atoms with van der Waals surface area (Å²) in [7, 11) is 0. The van der Waals surface area contributed by atoms with Crippen molar-refractivity contribution >= 4 is 5.91 Å². The molecule has 0 radical (unpaired) electrons. The first-order valence-corrected chi connectivity index (χ1v) is 11.3. The van der Waals surface area contributed by atoms with E-state index in [-0.39, 0.29) is 5.91 Å². The van der Waals surface area contributed by atoms with Gasteiger partial charge in [-0.25, -0.2) is 0 Å². The number of carbonyl (C=O) groups excluding carboxylic acids is 1. The molecule has 27 heavy (non-hydrogen) atoms. The van der Waals surface area contributed by atoms with Crippen LogP contribution in [0, 0.1) is 23.7 Å². The van der Waals surface area contributed by atoms with E-state index in [1.54, 1.807) is 0 Å². The van der Waals surface area contributed by atoms with Gasteiger partial charge in [0, 0.05) is 37.6 Å². The first-order valence-electron chi connectivity index (χ1n) is 11.3. The Labute approximate surface area is 164 Å². The highest BCUT2D eigenvalue weighted by Gasteiger charge is 2.62. The molecule has 2 bridgehead atoms. The first-order chi connectivity index (χ1) is 12.9. The van der Waals surface area contributed by atoms with E-state index in [1.807, 2.05) is 0 Å². The Hall–Kier alpha value is -0.650. The molecule has 0 aromatic heterocycles. The minimum absolute atomic E-state index is 0.0788. The molecule has 1 heterocycles. The van der Waals surface area contributed by atoms with E-state index in [0.29, 0.717) is 24.7 Å². The van der Waals surface area contributed by atoms with Crippen LogP contribution in [0.4, 0.5) is 0 Å². The van der Waals surface area contributed by atoms with Crippen LogP contribution in [-0.4, -0.2) is 24.0 Å². The van der Waals surface area contributed by atoms with Gasteiger partial charge in [-0.3, -0.25) is 4.79 Å². The fourth-order valence-corrected chi connectivity index (χ4v) is 5.62. The number of unbranched alkanes of at least 4 members (excludes halogenated alkanes) is 1. The predicted molar refractivity (Wildman–Crippen MR) is 105 cm³/mol. The van der Waals surface area contributed by atoms with E-state index in [1.165, 1.54) is 12.8 Å². The molecular weight excluding hydrogens is 342 g/mol. The molecule has 3 aliphatic rings. The van der Waals surface area contributed by atoms with E-state index >= 15 is 0 Å². The smallest absolute Gasteiger partial charge is 0.220 e. The van der Waals surface area contributed by atoms with Gasteiger partial charge in [-0.1, -0.05) is 40.5 Å². The van der Waals surface area contributed by atoms with Crippen LogP contribution in [0.15, 0.2) is 0 Å². The Morgan fingerprint density at radius 3 is 2.59 bits per heavy atom. The van der Waals surface area contributed by atoms with Crippen LogP contribution in [0.5, 0.6) is 0 Å². The zero-order valence-electron chi connectivity index (χ0n) is 17.7.